The van der Waals surface area contributed by atoms with Gasteiger partial charge in [0.05, 0.1) is 0 Å². The molecule has 6 nitrogen and oxygen atoms in total. The summed E-state index contributed by atoms with van der Waals surface area (Å²) in [4.78, 5) is 24.4. The molecule has 1 aromatic heterocycles. The van der Waals surface area contributed by atoms with Crippen molar-refractivity contribution in [3.63, 3.8) is 0 Å². The molecule has 0 fully saturated rings. The van der Waals surface area contributed by atoms with Crippen LogP contribution in [0, 0.1) is 5.92 Å². The van der Waals surface area contributed by atoms with Crippen molar-refractivity contribution in [1.29, 1.82) is 0 Å². The molecule has 0 spiro atoms. The van der Waals surface area contributed by atoms with E-state index >= 15 is 0 Å². The zero-order valence-electron chi connectivity index (χ0n) is 14.5. The van der Waals surface area contributed by atoms with E-state index in [1.165, 1.54) is 11.3 Å². The fourth-order valence-corrected chi connectivity index (χ4v) is 3.25. The second-order valence-corrected chi connectivity index (χ2v) is 7.57. The summed E-state index contributed by atoms with van der Waals surface area (Å²) >= 11 is 12.7. The fraction of sp³-hybridized carbons (Fsp3) is 0.412. The molecule has 0 saturated carbocycles. The molecule has 1 aromatic carbocycles. The maximum absolute atomic E-state index is 12.6. The molecule has 9 heteroatoms. The van der Waals surface area contributed by atoms with Crippen molar-refractivity contribution in [2.75, 3.05) is 11.2 Å². The van der Waals surface area contributed by atoms with E-state index in [1.807, 2.05) is 26.0 Å². The molecule has 140 valence electrons. The van der Waals surface area contributed by atoms with E-state index in [2.05, 4.69) is 20.8 Å². The van der Waals surface area contributed by atoms with Gasteiger partial charge in [0, 0.05) is 22.9 Å². The van der Waals surface area contributed by atoms with Crippen LogP contribution in [0.3, 0.4) is 0 Å². The van der Waals surface area contributed by atoms with Gasteiger partial charge in [0.1, 0.15) is 11.0 Å². The fourth-order valence-electron chi connectivity index (χ4n) is 2.20. The molecule has 2 atom stereocenters. The molecule has 2 amide bonds. The van der Waals surface area contributed by atoms with Gasteiger partial charge in [-0.3, -0.25) is 14.9 Å². The van der Waals surface area contributed by atoms with E-state index in [0.717, 1.165) is 12.0 Å². The number of amides is 2. The summed E-state index contributed by atoms with van der Waals surface area (Å²) in [6.45, 7) is 3.87. The van der Waals surface area contributed by atoms with Crippen LogP contribution in [0.2, 0.25) is 5.02 Å². The highest BCUT2D eigenvalue weighted by Gasteiger charge is 2.26. The molecule has 0 radical (unpaired) electrons. The maximum Gasteiger partial charge on any atom is 0.249 e. The largest absolute Gasteiger partial charge is 0.344 e. The molecule has 0 unspecified atom stereocenters. The third-order valence-corrected chi connectivity index (χ3v) is 5.21. The summed E-state index contributed by atoms with van der Waals surface area (Å²) in [5, 5.41) is 15.3. The SMILES string of the molecule is CC[C@H](C)[C@@H](NC(=O)CCCl)C(=O)Nc1nnc(-c2ccc(Cl)cc2)s1. The Bertz CT molecular complexity index is 751. The third kappa shape index (κ3) is 5.65. The number of carbonyl (C=O) groups excluding carboxylic acids is 2. The number of halogens is 2. The molecule has 0 aliphatic carbocycles. The molecular formula is C17H20Cl2N4O2S. The zero-order valence-corrected chi connectivity index (χ0v) is 16.8. The number of anilines is 1. The van der Waals surface area contributed by atoms with Gasteiger partial charge in [0.25, 0.3) is 0 Å². The second kappa shape index (κ2) is 9.85. The van der Waals surface area contributed by atoms with Crippen LogP contribution in [0.15, 0.2) is 24.3 Å². The lowest BCUT2D eigenvalue weighted by atomic mass is 9.98. The van der Waals surface area contributed by atoms with E-state index in [1.54, 1.807) is 12.1 Å². The first kappa shape index (κ1) is 20.6. The zero-order chi connectivity index (χ0) is 19.1. The van der Waals surface area contributed by atoms with E-state index in [9.17, 15) is 9.59 Å². The number of nitrogens with one attached hydrogen (secondary N) is 2. The summed E-state index contributed by atoms with van der Waals surface area (Å²) in [6, 6.07) is 6.55. The molecule has 2 aromatic rings. The number of nitrogens with zero attached hydrogens (tertiary/aromatic N) is 2. The van der Waals surface area contributed by atoms with Crippen LogP contribution in [0.4, 0.5) is 5.13 Å². The third-order valence-electron chi connectivity index (χ3n) is 3.88. The van der Waals surface area contributed by atoms with Crippen molar-refractivity contribution in [3.8, 4) is 10.6 Å². The van der Waals surface area contributed by atoms with E-state index in [4.69, 9.17) is 23.2 Å². The van der Waals surface area contributed by atoms with Crippen LogP contribution in [0.5, 0.6) is 0 Å². The summed E-state index contributed by atoms with van der Waals surface area (Å²) in [5.41, 5.74) is 0.862. The first-order chi connectivity index (χ1) is 12.4. The molecule has 2 N–H and O–H groups in total. The minimum atomic E-state index is -0.654. The highest BCUT2D eigenvalue weighted by Crippen LogP contribution is 2.27. The lowest BCUT2D eigenvalue weighted by Crippen LogP contribution is -2.47. The Morgan fingerprint density at radius 2 is 1.92 bits per heavy atom. The quantitative estimate of drug-likeness (QED) is 0.640. The maximum atomic E-state index is 12.6. The summed E-state index contributed by atoms with van der Waals surface area (Å²) in [7, 11) is 0. The van der Waals surface area contributed by atoms with Gasteiger partial charge in [-0.05, 0) is 18.1 Å². The van der Waals surface area contributed by atoms with Crippen molar-refractivity contribution in [1.82, 2.24) is 15.5 Å². The Hall–Kier alpha value is -1.70. The van der Waals surface area contributed by atoms with Crippen molar-refractivity contribution < 1.29 is 9.59 Å². The smallest absolute Gasteiger partial charge is 0.249 e. The van der Waals surface area contributed by atoms with Gasteiger partial charge in [0.2, 0.25) is 16.9 Å². The predicted molar refractivity (Wildman–Crippen MR) is 106 cm³/mol. The molecule has 0 saturated heterocycles. The number of alkyl halides is 1. The number of benzene rings is 1. The van der Waals surface area contributed by atoms with Gasteiger partial charge < -0.3 is 5.32 Å². The van der Waals surface area contributed by atoms with Gasteiger partial charge in [-0.1, -0.05) is 55.3 Å². The average molecular weight is 415 g/mol. The van der Waals surface area contributed by atoms with Crippen molar-refractivity contribution in [2.24, 2.45) is 5.92 Å². The molecule has 1 heterocycles. The van der Waals surface area contributed by atoms with Crippen LogP contribution in [0.1, 0.15) is 26.7 Å². The Morgan fingerprint density at radius 3 is 2.54 bits per heavy atom. The van der Waals surface area contributed by atoms with Crippen LogP contribution in [-0.4, -0.2) is 33.9 Å². The summed E-state index contributed by atoms with van der Waals surface area (Å²) in [5.74, 6) is -0.389. The van der Waals surface area contributed by atoms with Crippen molar-refractivity contribution in [2.45, 2.75) is 32.7 Å². The van der Waals surface area contributed by atoms with Gasteiger partial charge in [0.15, 0.2) is 0 Å². The Labute approximate surface area is 166 Å². The summed E-state index contributed by atoms with van der Waals surface area (Å²) < 4.78 is 0. The minimum absolute atomic E-state index is 0.0297. The van der Waals surface area contributed by atoms with Gasteiger partial charge in [-0.2, -0.15) is 0 Å². The standard InChI is InChI=1S/C17H20Cl2N4O2S/c1-3-10(2)14(20-13(24)8-9-18)15(25)21-17-23-22-16(26-17)11-4-6-12(19)7-5-11/h4-7,10,14H,3,8-9H2,1-2H3,(H,20,24)(H,21,23,25)/t10-,14+/m0/s1. The predicted octanol–water partition coefficient (Wildman–Crippen LogP) is 3.96. The monoisotopic (exact) mass is 414 g/mol. The van der Waals surface area contributed by atoms with E-state index in [-0.39, 0.29) is 30.0 Å². The number of aromatic nitrogens is 2. The lowest BCUT2D eigenvalue weighted by molar-refractivity contribution is -0.127. The number of carbonyl (C=O) groups is 2. The Balaban J connectivity index is 2.08. The van der Waals surface area contributed by atoms with E-state index in [0.29, 0.717) is 15.2 Å². The number of hydrogen-bond acceptors (Lipinski definition) is 5. The topological polar surface area (TPSA) is 84.0 Å². The van der Waals surface area contributed by atoms with Crippen molar-refractivity contribution >= 4 is 51.5 Å². The van der Waals surface area contributed by atoms with Crippen LogP contribution in [-0.2, 0) is 9.59 Å². The van der Waals surface area contributed by atoms with Crippen LogP contribution in [0.25, 0.3) is 10.6 Å². The summed E-state index contributed by atoms with van der Waals surface area (Å²) in [6.07, 6.45) is 0.909. The number of hydrogen-bond donors (Lipinski definition) is 2. The Morgan fingerprint density at radius 1 is 1.23 bits per heavy atom. The normalized spacial score (nSPS) is 13.1. The molecule has 2 rings (SSSR count). The molecule has 0 bridgehead atoms. The van der Waals surface area contributed by atoms with Gasteiger partial charge >= 0.3 is 0 Å². The first-order valence-electron chi connectivity index (χ1n) is 8.20. The molecular weight excluding hydrogens is 395 g/mol. The molecule has 0 aliphatic rings. The highest BCUT2D eigenvalue weighted by atomic mass is 35.5. The highest BCUT2D eigenvalue weighted by molar-refractivity contribution is 7.18. The first-order valence-corrected chi connectivity index (χ1v) is 9.93. The number of rotatable bonds is 8. The van der Waals surface area contributed by atoms with Crippen molar-refractivity contribution in [3.05, 3.63) is 29.3 Å². The second-order valence-electron chi connectivity index (χ2n) is 5.78. The van der Waals surface area contributed by atoms with Crippen LogP contribution < -0.4 is 10.6 Å². The molecule has 26 heavy (non-hydrogen) atoms. The minimum Gasteiger partial charge on any atom is -0.344 e. The Kier molecular flexibility index (Phi) is 7.81. The molecule has 0 aliphatic heterocycles. The van der Waals surface area contributed by atoms with E-state index < -0.39 is 6.04 Å². The van der Waals surface area contributed by atoms with Crippen LogP contribution >= 0.6 is 34.5 Å². The van der Waals surface area contributed by atoms with Gasteiger partial charge in [-0.25, -0.2) is 0 Å². The lowest BCUT2D eigenvalue weighted by Gasteiger charge is -2.22. The average Bonchev–Trinajstić information content (AvgIpc) is 3.08. The van der Waals surface area contributed by atoms with Gasteiger partial charge in [-0.15, -0.1) is 21.8 Å².